The molecule has 0 atom stereocenters. The van der Waals surface area contributed by atoms with Gasteiger partial charge in [-0.2, -0.15) is 0 Å². The Labute approximate surface area is 146 Å². The van der Waals surface area contributed by atoms with Crippen LogP contribution in [0.1, 0.15) is 15.9 Å². The maximum Gasteiger partial charge on any atom is 0.254 e. The Bertz CT molecular complexity index is 894. The molecule has 2 amide bonds. The molecule has 0 unspecified atom stereocenters. The largest absolute Gasteiger partial charge is 0.350 e. The second kappa shape index (κ2) is 7.57. The lowest BCUT2D eigenvalue weighted by molar-refractivity contribution is -0.121. The van der Waals surface area contributed by atoms with Crippen LogP contribution in [0, 0.1) is 0 Å². The molecular formula is C20H19N3O2. The highest BCUT2D eigenvalue weighted by atomic mass is 16.2. The van der Waals surface area contributed by atoms with E-state index in [0.717, 1.165) is 16.3 Å². The van der Waals surface area contributed by atoms with Crippen molar-refractivity contribution < 1.29 is 9.59 Å². The molecule has 0 fully saturated rings. The summed E-state index contributed by atoms with van der Waals surface area (Å²) in [5, 5.41) is 4.88. The average molecular weight is 333 g/mol. The van der Waals surface area contributed by atoms with E-state index in [4.69, 9.17) is 0 Å². The predicted molar refractivity (Wildman–Crippen MR) is 97.0 cm³/mol. The maximum absolute atomic E-state index is 12.5. The van der Waals surface area contributed by atoms with Crippen LogP contribution in [0.25, 0.3) is 10.8 Å². The van der Waals surface area contributed by atoms with Gasteiger partial charge in [0.15, 0.2) is 0 Å². The van der Waals surface area contributed by atoms with E-state index in [1.165, 1.54) is 4.90 Å². The van der Waals surface area contributed by atoms with Gasteiger partial charge in [0, 0.05) is 31.5 Å². The van der Waals surface area contributed by atoms with E-state index in [2.05, 4.69) is 10.3 Å². The van der Waals surface area contributed by atoms with Crippen LogP contribution in [0.2, 0.25) is 0 Å². The number of benzene rings is 2. The van der Waals surface area contributed by atoms with Gasteiger partial charge in [-0.3, -0.25) is 14.6 Å². The maximum atomic E-state index is 12.5. The third kappa shape index (κ3) is 4.20. The van der Waals surface area contributed by atoms with Crippen molar-refractivity contribution in [2.75, 3.05) is 13.6 Å². The summed E-state index contributed by atoms with van der Waals surface area (Å²) in [6.07, 6.45) is 3.38. The van der Waals surface area contributed by atoms with Crippen LogP contribution in [-0.4, -0.2) is 35.3 Å². The SMILES string of the molecule is CN(CC(=O)NCc1cccnc1)C(=O)c1ccc2ccccc2c1. The average Bonchev–Trinajstić information content (AvgIpc) is 2.66. The van der Waals surface area contributed by atoms with Gasteiger partial charge in [0.1, 0.15) is 0 Å². The van der Waals surface area contributed by atoms with Crippen LogP contribution in [0.15, 0.2) is 67.0 Å². The van der Waals surface area contributed by atoms with Crippen molar-refractivity contribution in [3.8, 4) is 0 Å². The second-order valence-corrected chi connectivity index (χ2v) is 5.86. The number of fused-ring (bicyclic) bond motifs is 1. The number of amides is 2. The molecule has 0 saturated carbocycles. The zero-order valence-electron chi connectivity index (χ0n) is 14.0. The third-order valence-electron chi connectivity index (χ3n) is 3.94. The van der Waals surface area contributed by atoms with Gasteiger partial charge in [-0.15, -0.1) is 0 Å². The van der Waals surface area contributed by atoms with Crippen LogP contribution in [0.3, 0.4) is 0 Å². The van der Waals surface area contributed by atoms with E-state index in [1.54, 1.807) is 25.5 Å². The van der Waals surface area contributed by atoms with Crippen molar-refractivity contribution in [3.05, 3.63) is 78.1 Å². The van der Waals surface area contributed by atoms with Crippen LogP contribution in [0.5, 0.6) is 0 Å². The monoisotopic (exact) mass is 333 g/mol. The van der Waals surface area contributed by atoms with E-state index in [-0.39, 0.29) is 18.4 Å². The van der Waals surface area contributed by atoms with Crippen molar-refractivity contribution in [1.82, 2.24) is 15.2 Å². The fourth-order valence-electron chi connectivity index (χ4n) is 2.59. The molecule has 0 aliphatic rings. The van der Waals surface area contributed by atoms with Gasteiger partial charge >= 0.3 is 0 Å². The lowest BCUT2D eigenvalue weighted by Gasteiger charge is -2.17. The van der Waals surface area contributed by atoms with Crippen molar-refractivity contribution in [3.63, 3.8) is 0 Å². The quantitative estimate of drug-likeness (QED) is 0.781. The molecule has 0 aliphatic heterocycles. The van der Waals surface area contributed by atoms with Gasteiger partial charge in [-0.25, -0.2) is 0 Å². The molecule has 1 N–H and O–H groups in total. The van der Waals surface area contributed by atoms with Crippen molar-refractivity contribution in [2.24, 2.45) is 0 Å². The first-order valence-corrected chi connectivity index (χ1v) is 8.03. The van der Waals surface area contributed by atoms with Gasteiger partial charge in [0.25, 0.3) is 5.91 Å². The minimum Gasteiger partial charge on any atom is -0.350 e. The number of aromatic nitrogens is 1. The number of carbonyl (C=O) groups excluding carboxylic acids is 2. The molecule has 0 radical (unpaired) electrons. The van der Waals surface area contributed by atoms with E-state index in [0.29, 0.717) is 12.1 Å². The minimum absolute atomic E-state index is 0.00588. The summed E-state index contributed by atoms with van der Waals surface area (Å²) in [7, 11) is 1.63. The summed E-state index contributed by atoms with van der Waals surface area (Å²) >= 11 is 0. The van der Waals surface area contributed by atoms with Crippen LogP contribution in [0.4, 0.5) is 0 Å². The van der Waals surface area contributed by atoms with Crippen molar-refractivity contribution >= 4 is 22.6 Å². The van der Waals surface area contributed by atoms with E-state index < -0.39 is 0 Å². The summed E-state index contributed by atoms with van der Waals surface area (Å²) < 4.78 is 0. The lowest BCUT2D eigenvalue weighted by atomic mass is 10.1. The molecule has 0 bridgehead atoms. The highest BCUT2D eigenvalue weighted by Crippen LogP contribution is 2.16. The topological polar surface area (TPSA) is 62.3 Å². The zero-order chi connectivity index (χ0) is 17.6. The molecule has 2 aromatic carbocycles. The second-order valence-electron chi connectivity index (χ2n) is 5.86. The molecule has 126 valence electrons. The molecule has 0 aliphatic carbocycles. The number of hydrogen-bond acceptors (Lipinski definition) is 3. The first-order chi connectivity index (χ1) is 12.1. The van der Waals surface area contributed by atoms with Crippen molar-refractivity contribution in [1.29, 1.82) is 0 Å². The Kier molecular flexibility index (Phi) is 5.04. The van der Waals surface area contributed by atoms with E-state index in [1.807, 2.05) is 48.5 Å². The highest BCUT2D eigenvalue weighted by Gasteiger charge is 2.15. The summed E-state index contributed by atoms with van der Waals surface area (Å²) in [6.45, 7) is 0.399. The smallest absolute Gasteiger partial charge is 0.254 e. The fourth-order valence-corrected chi connectivity index (χ4v) is 2.59. The first kappa shape index (κ1) is 16.6. The summed E-state index contributed by atoms with van der Waals surface area (Å²) in [5.41, 5.74) is 1.49. The third-order valence-corrected chi connectivity index (χ3v) is 3.94. The summed E-state index contributed by atoms with van der Waals surface area (Å²) in [5.74, 6) is -0.386. The van der Waals surface area contributed by atoms with Crippen LogP contribution >= 0.6 is 0 Å². The van der Waals surface area contributed by atoms with Crippen LogP contribution in [-0.2, 0) is 11.3 Å². The molecule has 0 saturated heterocycles. The summed E-state index contributed by atoms with van der Waals surface area (Å²) in [6, 6.07) is 17.1. The zero-order valence-corrected chi connectivity index (χ0v) is 14.0. The number of pyridine rings is 1. The molecule has 1 heterocycles. The van der Waals surface area contributed by atoms with Gasteiger partial charge in [-0.05, 0) is 34.5 Å². The fraction of sp³-hybridized carbons (Fsp3) is 0.150. The number of likely N-dealkylation sites (N-methyl/N-ethyl adjacent to an activating group) is 1. The molecule has 25 heavy (non-hydrogen) atoms. The predicted octanol–water partition coefficient (Wildman–Crippen LogP) is 2.62. The van der Waals surface area contributed by atoms with E-state index >= 15 is 0 Å². The number of nitrogens with one attached hydrogen (secondary N) is 1. The Balaban J connectivity index is 1.60. The standard InChI is InChI=1S/C20H19N3O2/c1-23(14-19(24)22-13-15-5-4-10-21-12-15)20(25)18-9-8-16-6-2-3-7-17(16)11-18/h2-12H,13-14H2,1H3,(H,22,24). The van der Waals surface area contributed by atoms with E-state index in [9.17, 15) is 9.59 Å². The molecule has 0 spiro atoms. The van der Waals surface area contributed by atoms with Gasteiger partial charge in [0.2, 0.25) is 5.91 Å². The molecule has 3 rings (SSSR count). The molecule has 5 nitrogen and oxygen atoms in total. The Morgan fingerprint density at radius 3 is 2.60 bits per heavy atom. The number of carbonyl (C=O) groups is 2. The number of hydrogen-bond donors (Lipinski definition) is 1. The van der Waals surface area contributed by atoms with Crippen LogP contribution < -0.4 is 5.32 Å². The molecular weight excluding hydrogens is 314 g/mol. The number of nitrogens with zero attached hydrogens (tertiary/aromatic N) is 2. The van der Waals surface area contributed by atoms with Gasteiger partial charge in [-0.1, -0.05) is 36.4 Å². The Hall–Kier alpha value is -3.21. The Morgan fingerprint density at radius 1 is 1.04 bits per heavy atom. The molecule has 1 aromatic heterocycles. The summed E-state index contributed by atoms with van der Waals surface area (Å²) in [4.78, 5) is 30.0. The lowest BCUT2D eigenvalue weighted by Crippen LogP contribution is -2.38. The molecule has 5 heteroatoms. The minimum atomic E-state index is -0.208. The van der Waals surface area contributed by atoms with Gasteiger partial charge < -0.3 is 10.2 Å². The molecule has 3 aromatic rings. The first-order valence-electron chi connectivity index (χ1n) is 8.03. The number of rotatable bonds is 5. The van der Waals surface area contributed by atoms with Gasteiger partial charge in [0.05, 0.1) is 6.54 Å². The van der Waals surface area contributed by atoms with Crippen molar-refractivity contribution in [2.45, 2.75) is 6.54 Å². The Morgan fingerprint density at radius 2 is 1.84 bits per heavy atom. The highest BCUT2D eigenvalue weighted by molar-refractivity contribution is 5.99. The normalized spacial score (nSPS) is 10.4.